The number of rotatable bonds is 5. The van der Waals surface area contributed by atoms with Crippen molar-refractivity contribution in [2.45, 2.75) is 105 Å². The lowest BCUT2D eigenvalue weighted by Crippen LogP contribution is -2.50. The number of carbonyl (C=O) groups excluding carboxylic acids is 1. The molecule has 0 aliphatic heterocycles. The van der Waals surface area contributed by atoms with E-state index >= 15 is 0 Å². The molecule has 3 saturated carbocycles. The van der Waals surface area contributed by atoms with Crippen molar-refractivity contribution in [3.8, 4) is 0 Å². The normalized spacial score (nSPS) is 43.9. The molecule has 4 aliphatic carbocycles. The molecule has 0 heterocycles. The van der Waals surface area contributed by atoms with Gasteiger partial charge in [0.25, 0.3) is 0 Å². The average Bonchev–Trinajstić information content (AvgIpc) is 2.99. The predicted octanol–water partition coefficient (Wildman–Crippen LogP) is 7.60. The summed E-state index contributed by atoms with van der Waals surface area (Å²) in [6.45, 7) is 12.5. The van der Waals surface area contributed by atoms with Crippen molar-refractivity contribution in [1.82, 2.24) is 0 Å². The molecule has 1 nitrogen and oxygen atoms in total. The van der Waals surface area contributed by atoms with Crippen LogP contribution in [0.4, 0.5) is 0 Å². The van der Waals surface area contributed by atoms with Gasteiger partial charge in [-0.2, -0.15) is 0 Å². The van der Waals surface area contributed by atoms with E-state index in [4.69, 9.17) is 0 Å². The third-order valence-electron chi connectivity index (χ3n) is 10.1. The molecule has 0 saturated heterocycles. The van der Waals surface area contributed by atoms with Crippen LogP contribution in [-0.2, 0) is 4.79 Å². The maximum Gasteiger partial charge on any atom is 0.136 e. The Bertz CT molecular complexity index is 630. The summed E-state index contributed by atoms with van der Waals surface area (Å²) in [7, 11) is 0. The topological polar surface area (TPSA) is 17.1 Å². The van der Waals surface area contributed by atoms with Gasteiger partial charge in [-0.1, -0.05) is 65.5 Å². The van der Waals surface area contributed by atoms with E-state index in [1.54, 1.807) is 0 Å². The standard InChI is InChI=1S/C27H44O/c1-18(2)7-6-8-19(3)23-11-12-24-22-10-9-20-17-21(28)13-15-26(20,4)25(22)14-16-27(23,24)5/h9,18-19,22-25H,6-8,10-17H2,1-5H3/t19?,22?,23?,24?,25?,26-,27+/m0/s1. The van der Waals surface area contributed by atoms with E-state index in [2.05, 4.69) is 40.7 Å². The lowest BCUT2D eigenvalue weighted by Gasteiger charge is -2.58. The second-order valence-corrected chi connectivity index (χ2v) is 12.0. The molecule has 0 radical (unpaired) electrons. The molecular formula is C27H44O. The number of ketones is 1. The molecule has 4 rings (SSSR count). The van der Waals surface area contributed by atoms with Gasteiger partial charge >= 0.3 is 0 Å². The molecule has 0 N–H and O–H groups in total. The second-order valence-electron chi connectivity index (χ2n) is 12.0. The molecule has 158 valence electrons. The van der Waals surface area contributed by atoms with E-state index in [0.717, 1.165) is 54.8 Å². The highest BCUT2D eigenvalue weighted by Crippen LogP contribution is 2.67. The van der Waals surface area contributed by atoms with Crippen molar-refractivity contribution in [2.75, 3.05) is 0 Å². The number of carbonyl (C=O) groups is 1. The van der Waals surface area contributed by atoms with Crippen LogP contribution < -0.4 is 0 Å². The van der Waals surface area contributed by atoms with Crippen molar-refractivity contribution >= 4 is 5.78 Å². The molecule has 5 unspecified atom stereocenters. The molecule has 0 aromatic carbocycles. The fourth-order valence-electron chi connectivity index (χ4n) is 8.50. The molecule has 0 spiro atoms. The fraction of sp³-hybridized carbons (Fsp3) is 0.889. The molecular weight excluding hydrogens is 340 g/mol. The first-order valence-electron chi connectivity index (χ1n) is 12.5. The Morgan fingerprint density at radius 2 is 1.82 bits per heavy atom. The van der Waals surface area contributed by atoms with Crippen LogP contribution in [0.5, 0.6) is 0 Å². The van der Waals surface area contributed by atoms with E-state index in [9.17, 15) is 4.79 Å². The van der Waals surface area contributed by atoms with E-state index in [1.807, 2.05) is 0 Å². The number of hydrogen-bond donors (Lipinski definition) is 0. The number of hydrogen-bond acceptors (Lipinski definition) is 1. The summed E-state index contributed by atoms with van der Waals surface area (Å²) in [5.41, 5.74) is 2.43. The van der Waals surface area contributed by atoms with Crippen LogP contribution in [0.25, 0.3) is 0 Å². The first kappa shape index (κ1) is 20.7. The van der Waals surface area contributed by atoms with Crippen LogP contribution >= 0.6 is 0 Å². The van der Waals surface area contributed by atoms with Gasteiger partial charge < -0.3 is 0 Å². The highest BCUT2D eigenvalue weighted by Gasteiger charge is 2.59. The highest BCUT2D eigenvalue weighted by molar-refractivity contribution is 5.82. The number of fused-ring (bicyclic) bond motifs is 5. The first-order valence-corrected chi connectivity index (χ1v) is 12.5. The minimum absolute atomic E-state index is 0.332. The van der Waals surface area contributed by atoms with Gasteiger partial charge in [0, 0.05) is 12.8 Å². The van der Waals surface area contributed by atoms with E-state index in [-0.39, 0.29) is 0 Å². The van der Waals surface area contributed by atoms with E-state index in [1.165, 1.54) is 56.9 Å². The number of Topliss-reactive ketones (excluding diaryl/α,β-unsaturated/α-hetero) is 1. The largest absolute Gasteiger partial charge is 0.299 e. The Morgan fingerprint density at radius 3 is 2.57 bits per heavy atom. The SMILES string of the molecule is CC(C)CCCC(C)C1CCC2C3CC=C4CC(=O)CC[C@]4(C)C3CC[C@]12C. The Morgan fingerprint density at radius 1 is 1.04 bits per heavy atom. The van der Waals surface area contributed by atoms with Crippen molar-refractivity contribution < 1.29 is 4.79 Å². The number of allylic oxidation sites excluding steroid dienone is 2. The van der Waals surface area contributed by atoms with Gasteiger partial charge in [-0.15, -0.1) is 0 Å². The van der Waals surface area contributed by atoms with Crippen LogP contribution in [0.1, 0.15) is 105 Å². The minimum atomic E-state index is 0.332. The van der Waals surface area contributed by atoms with Gasteiger partial charge in [-0.3, -0.25) is 4.79 Å². The van der Waals surface area contributed by atoms with Crippen molar-refractivity contribution in [3.63, 3.8) is 0 Å². The van der Waals surface area contributed by atoms with Crippen LogP contribution in [0.3, 0.4) is 0 Å². The maximum atomic E-state index is 12.1. The van der Waals surface area contributed by atoms with Gasteiger partial charge in [0.2, 0.25) is 0 Å². The molecule has 28 heavy (non-hydrogen) atoms. The molecule has 0 aromatic heterocycles. The Kier molecular flexibility index (Phi) is 5.60. The summed E-state index contributed by atoms with van der Waals surface area (Å²) in [6.07, 6.45) is 16.5. The lowest BCUT2D eigenvalue weighted by atomic mass is 9.47. The van der Waals surface area contributed by atoms with Gasteiger partial charge in [0.05, 0.1) is 0 Å². The van der Waals surface area contributed by atoms with Crippen molar-refractivity contribution in [3.05, 3.63) is 11.6 Å². The zero-order chi connectivity index (χ0) is 20.1. The predicted molar refractivity (Wildman–Crippen MR) is 118 cm³/mol. The molecule has 1 heteroatoms. The second kappa shape index (κ2) is 7.59. The Labute approximate surface area is 174 Å². The summed E-state index contributed by atoms with van der Waals surface area (Å²) in [5.74, 6) is 5.82. The summed E-state index contributed by atoms with van der Waals surface area (Å²) in [5, 5.41) is 0. The van der Waals surface area contributed by atoms with E-state index < -0.39 is 0 Å². The molecule has 7 atom stereocenters. The van der Waals surface area contributed by atoms with Crippen LogP contribution in [0.2, 0.25) is 0 Å². The summed E-state index contributed by atoms with van der Waals surface area (Å²) in [4.78, 5) is 12.1. The third-order valence-corrected chi connectivity index (χ3v) is 10.1. The zero-order valence-corrected chi connectivity index (χ0v) is 19.2. The molecule has 3 fully saturated rings. The van der Waals surface area contributed by atoms with Gasteiger partial charge in [0.1, 0.15) is 5.78 Å². The Balaban J connectivity index is 1.50. The fourth-order valence-corrected chi connectivity index (χ4v) is 8.50. The lowest BCUT2D eigenvalue weighted by molar-refractivity contribution is -0.122. The van der Waals surface area contributed by atoms with Crippen molar-refractivity contribution in [2.24, 2.45) is 46.3 Å². The van der Waals surface area contributed by atoms with Gasteiger partial charge in [-0.05, 0) is 84.9 Å². The van der Waals surface area contributed by atoms with E-state index in [0.29, 0.717) is 16.6 Å². The molecule has 0 bridgehead atoms. The zero-order valence-electron chi connectivity index (χ0n) is 19.2. The maximum absolute atomic E-state index is 12.1. The third kappa shape index (κ3) is 3.33. The minimum Gasteiger partial charge on any atom is -0.299 e. The first-order chi connectivity index (χ1) is 13.3. The summed E-state index contributed by atoms with van der Waals surface area (Å²) in [6, 6.07) is 0. The monoisotopic (exact) mass is 384 g/mol. The Hall–Kier alpha value is -0.590. The quantitative estimate of drug-likeness (QED) is 0.446. The molecule has 0 amide bonds. The van der Waals surface area contributed by atoms with Gasteiger partial charge in [0.15, 0.2) is 0 Å². The summed E-state index contributed by atoms with van der Waals surface area (Å²) < 4.78 is 0. The molecule has 4 aliphatic rings. The van der Waals surface area contributed by atoms with Crippen molar-refractivity contribution in [1.29, 1.82) is 0 Å². The summed E-state index contributed by atoms with van der Waals surface area (Å²) >= 11 is 0. The van der Waals surface area contributed by atoms with Gasteiger partial charge in [-0.25, -0.2) is 0 Å². The molecule has 0 aromatic rings. The average molecular weight is 385 g/mol. The van der Waals surface area contributed by atoms with Crippen LogP contribution in [0.15, 0.2) is 11.6 Å². The highest BCUT2D eigenvalue weighted by atomic mass is 16.1. The van der Waals surface area contributed by atoms with Crippen LogP contribution in [-0.4, -0.2) is 5.78 Å². The smallest absolute Gasteiger partial charge is 0.136 e. The van der Waals surface area contributed by atoms with Crippen LogP contribution in [0, 0.1) is 46.3 Å².